The van der Waals surface area contributed by atoms with Crippen LogP contribution in [0, 0.1) is 0 Å². The Balaban J connectivity index is 1.35. The van der Waals surface area contributed by atoms with Crippen LogP contribution in [-0.4, -0.2) is 9.55 Å². The van der Waals surface area contributed by atoms with Crippen LogP contribution < -0.4 is 4.57 Å². The van der Waals surface area contributed by atoms with Gasteiger partial charge in [-0.15, -0.1) is 0 Å². The van der Waals surface area contributed by atoms with Crippen molar-refractivity contribution in [2.45, 2.75) is 0 Å². The largest absolute Gasteiger partial charge is 0.294 e. The molecule has 0 fully saturated rings. The highest BCUT2D eigenvalue weighted by molar-refractivity contribution is 6.10. The van der Waals surface area contributed by atoms with E-state index in [1.54, 1.807) is 0 Å². The number of para-hydroxylation sites is 1. The molecule has 3 heterocycles. The van der Waals surface area contributed by atoms with Crippen molar-refractivity contribution in [3.63, 3.8) is 0 Å². The minimum Gasteiger partial charge on any atom is -0.294 e. The van der Waals surface area contributed by atoms with Gasteiger partial charge in [-0.05, 0) is 52.6 Å². The summed E-state index contributed by atoms with van der Waals surface area (Å²) in [5, 5.41) is 2.46. The van der Waals surface area contributed by atoms with Crippen molar-refractivity contribution in [2.24, 2.45) is 7.05 Å². The Kier molecular flexibility index (Phi) is 5.33. The molecular weight excluding hydrogens is 462 g/mol. The molecule has 7 aromatic rings. The predicted molar refractivity (Wildman–Crippen MR) is 156 cm³/mol. The van der Waals surface area contributed by atoms with E-state index in [0.717, 1.165) is 22.5 Å². The Labute approximate surface area is 221 Å². The van der Waals surface area contributed by atoms with E-state index in [2.05, 4.69) is 143 Å². The fraction of sp³-hybridized carbons (Fsp3) is 0.0286. The lowest BCUT2D eigenvalue weighted by Gasteiger charge is -2.09. The van der Waals surface area contributed by atoms with Crippen molar-refractivity contribution in [1.29, 1.82) is 0 Å². The summed E-state index contributed by atoms with van der Waals surface area (Å²) >= 11 is 0. The smallest absolute Gasteiger partial charge is 0.212 e. The number of hydrogen-bond donors (Lipinski definition) is 0. The maximum absolute atomic E-state index is 4.68. The number of benzene rings is 4. The van der Waals surface area contributed by atoms with Gasteiger partial charge in [-0.25, -0.2) is 9.55 Å². The second-order valence-corrected chi connectivity index (χ2v) is 9.63. The first kappa shape index (κ1) is 22.2. The highest BCUT2D eigenvalue weighted by atomic mass is 15.1. The molecule has 0 amide bonds. The van der Waals surface area contributed by atoms with Crippen LogP contribution in [0.5, 0.6) is 0 Å². The van der Waals surface area contributed by atoms with Gasteiger partial charge in [0.05, 0.1) is 11.0 Å². The highest BCUT2D eigenvalue weighted by Gasteiger charge is 2.17. The predicted octanol–water partition coefficient (Wildman–Crippen LogP) is 8.00. The van der Waals surface area contributed by atoms with Gasteiger partial charge in [0.25, 0.3) is 0 Å². The summed E-state index contributed by atoms with van der Waals surface area (Å²) in [6, 6.07) is 45.2. The Hall–Kier alpha value is -5.02. The average Bonchev–Trinajstić information content (AvgIpc) is 3.32. The summed E-state index contributed by atoms with van der Waals surface area (Å²) in [6.07, 6.45) is 4.00. The van der Waals surface area contributed by atoms with Gasteiger partial charge < -0.3 is 0 Å². The van der Waals surface area contributed by atoms with Crippen molar-refractivity contribution >= 4 is 21.8 Å². The molecule has 0 aliphatic carbocycles. The zero-order valence-electron chi connectivity index (χ0n) is 21.1. The third kappa shape index (κ3) is 3.77. The average molecular weight is 489 g/mol. The molecule has 0 saturated carbocycles. The van der Waals surface area contributed by atoms with E-state index in [9.17, 15) is 0 Å². The third-order valence-corrected chi connectivity index (χ3v) is 7.32. The molecule has 0 N–H and O–H groups in total. The highest BCUT2D eigenvalue weighted by Crippen LogP contribution is 2.34. The molecule has 0 radical (unpaired) electrons. The van der Waals surface area contributed by atoms with Crippen LogP contribution in [0.2, 0.25) is 0 Å². The van der Waals surface area contributed by atoms with E-state index >= 15 is 0 Å². The second kappa shape index (κ2) is 9.13. The SMILES string of the molecule is C[n+]1ccc(-c2ccc(-c3ccccc3)cc2)cc1-c1ccc2c3ccccc3n(-c3ccccn3)c2c1. The van der Waals surface area contributed by atoms with E-state index in [1.165, 1.54) is 38.6 Å². The molecule has 0 unspecified atom stereocenters. The van der Waals surface area contributed by atoms with Crippen LogP contribution in [0.4, 0.5) is 0 Å². The Morgan fingerprint density at radius 3 is 1.97 bits per heavy atom. The zero-order valence-corrected chi connectivity index (χ0v) is 21.1. The van der Waals surface area contributed by atoms with Gasteiger partial charge in [0.2, 0.25) is 5.69 Å². The van der Waals surface area contributed by atoms with Crippen molar-refractivity contribution in [3.05, 3.63) is 140 Å². The van der Waals surface area contributed by atoms with Crippen LogP contribution in [0.25, 0.3) is 61.1 Å². The molecule has 7 rings (SSSR count). The zero-order chi connectivity index (χ0) is 25.5. The fourth-order valence-electron chi connectivity index (χ4n) is 5.38. The summed E-state index contributed by atoms with van der Waals surface area (Å²) in [5.41, 5.74) is 9.50. The molecule has 0 aliphatic heterocycles. The van der Waals surface area contributed by atoms with Crippen molar-refractivity contribution in [1.82, 2.24) is 9.55 Å². The third-order valence-electron chi connectivity index (χ3n) is 7.32. The van der Waals surface area contributed by atoms with Crippen LogP contribution in [0.3, 0.4) is 0 Å². The Morgan fingerprint density at radius 1 is 0.526 bits per heavy atom. The van der Waals surface area contributed by atoms with E-state index < -0.39 is 0 Å². The second-order valence-electron chi connectivity index (χ2n) is 9.63. The summed E-state index contributed by atoms with van der Waals surface area (Å²) in [5.74, 6) is 0.924. The molecule has 0 spiro atoms. The number of pyridine rings is 2. The van der Waals surface area contributed by atoms with Gasteiger partial charge in [-0.2, -0.15) is 0 Å². The van der Waals surface area contributed by atoms with Crippen molar-refractivity contribution in [3.8, 4) is 39.3 Å². The molecular formula is C35H26N3+. The van der Waals surface area contributed by atoms with Crippen LogP contribution in [-0.2, 0) is 7.05 Å². The Bertz CT molecular complexity index is 1900. The molecule has 0 atom stereocenters. The summed E-state index contributed by atoms with van der Waals surface area (Å²) in [6.45, 7) is 0. The molecule has 180 valence electrons. The van der Waals surface area contributed by atoms with Gasteiger partial charge in [0.1, 0.15) is 12.9 Å². The van der Waals surface area contributed by atoms with Gasteiger partial charge in [0.15, 0.2) is 6.20 Å². The van der Waals surface area contributed by atoms with E-state index in [4.69, 9.17) is 0 Å². The molecule has 0 bridgehead atoms. The maximum atomic E-state index is 4.68. The molecule has 3 nitrogen and oxygen atoms in total. The number of aryl methyl sites for hydroxylation is 1. The summed E-state index contributed by atoms with van der Waals surface area (Å²) in [7, 11) is 2.11. The van der Waals surface area contributed by atoms with Gasteiger partial charge in [-0.3, -0.25) is 4.57 Å². The molecule has 3 aromatic heterocycles. The maximum Gasteiger partial charge on any atom is 0.212 e. The van der Waals surface area contributed by atoms with E-state index in [1.807, 2.05) is 18.3 Å². The van der Waals surface area contributed by atoms with Gasteiger partial charge in [0, 0.05) is 34.7 Å². The standard InChI is InChI=1S/C35H26N3/c1-37-22-20-28(27-16-14-26(15-17-27)25-9-3-2-4-10-25)23-33(37)29-18-19-31-30-11-5-6-12-32(30)38(34(31)24-29)35-13-7-8-21-36-35/h2-24H,1H3/q+1. The normalized spacial score (nSPS) is 11.3. The lowest BCUT2D eigenvalue weighted by Crippen LogP contribution is -2.30. The summed E-state index contributed by atoms with van der Waals surface area (Å²) < 4.78 is 4.46. The molecule has 0 aliphatic rings. The fourth-order valence-corrected chi connectivity index (χ4v) is 5.38. The molecule has 3 heteroatoms. The number of fused-ring (bicyclic) bond motifs is 3. The minimum absolute atomic E-state index is 0.924. The van der Waals surface area contributed by atoms with Crippen LogP contribution in [0.15, 0.2) is 140 Å². The number of rotatable bonds is 4. The molecule has 0 saturated heterocycles. The van der Waals surface area contributed by atoms with Crippen molar-refractivity contribution < 1.29 is 4.57 Å². The van der Waals surface area contributed by atoms with Gasteiger partial charge in [-0.1, -0.05) is 84.9 Å². The lowest BCUT2D eigenvalue weighted by atomic mass is 9.99. The number of hydrogen-bond acceptors (Lipinski definition) is 1. The quantitative estimate of drug-likeness (QED) is 0.230. The minimum atomic E-state index is 0.924. The topological polar surface area (TPSA) is 21.7 Å². The molecule has 4 aromatic carbocycles. The van der Waals surface area contributed by atoms with E-state index in [0.29, 0.717) is 0 Å². The first-order valence-corrected chi connectivity index (χ1v) is 12.9. The van der Waals surface area contributed by atoms with E-state index in [-0.39, 0.29) is 0 Å². The first-order valence-electron chi connectivity index (χ1n) is 12.9. The van der Waals surface area contributed by atoms with Gasteiger partial charge >= 0.3 is 0 Å². The monoisotopic (exact) mass is 488 g/mol. The number of aromatic nitrogens is 3. The van der Waals surface area contributed by atoms with Crippen LogP contribution >= 0.6 is 0 Å². The van der Waals surface area contributed by atoms with Crippen LogP contribution in [0.1, 0.15) is 0 Å². The molecule has 38 heavy (non-hydrogen) atoms. The lowest BCUT2D eigenvalue weighted by molar-refractivity contribution is -0.660. The Morgan fingerprint density at radius 2 is 1.18 bits per heavy atom. The summed E-state index contributed by atoms with van der Waals surface area (Å²) in [4.78, 5) is 4.68. The van der Waals surface area contributed by atoms with Crippen molar-refractivity contribution in [2.75, 3.05) is 0 Å². The number of nitrogens with zero attached hydrogens (tertiary/aromatic N) is 3. The first-order chi connectivity index (χ1) is 18.8.